The predicted molar refractivity (Wildman–Crippen MR) is 75.9 cm³/mol. The van der Waals surface area contributed by atoms with E-state index in [1.165, 1.54) is 0 Å². The van der Waals surface area contributed by atoms with Gasteiger partial charge in [-0.1, -0.05) is 24.3 Å². The van der Waals surface area contributed by atoms with Crippen molar-refractivity contribution >= 4 is 11.4 Å². The average Bonchev–Trinajstić information content (AvgIpc) is 2.41. The fourth-order valence-corrected chi connectivity index (χ4v) is 1.88. The van der Waals surface area contributed by atoms with Gasteiger partial charge in [0.25, 0.3) is 0 Å². The summed E-state index contributed by atoms with van der Waals surface area (Å²) in [4.78, 5) is 0. The number of rotatable bonds is 4. The second-order valence-corrected chi connectivity index (χ2v) is 4.19. The zero-order chi connectivity index (χ0) is 13.0. The zero-order valence-corrected chi connectivity index (χ0v) is 10.7. The number of hydrogen-bond donors (Lipinski definition) is 2. The monoisotopic (exact) mass is 242 g/mol. The summed E-state index contributed by atoms with van der Waals surface area (Å²) in [6, 6.07) is 13.9. The quantitative estimate of drug-likeness (QED) is 0.809. The molecule has 0 atom stereocenters. The maximum Gasteiger partial charge on any atom is 0.123 e. The Morgan fingerprint density at radius 3 is 2.67 bits per heavy atom. The largest absolute Gasteiger partial charge is 0.496 e. The number of hydrogen-bond acceptors (Lipinski definition) is 3. The van der Waals surface area contributed by atoms with Gasteiger partial charge in [-0.15, -0.1) is 0 Å². The Morgan fingerprint density at radius 1 is 1.11 bits per heavy atom. The van der Waals surface area contributed by atoms with Gasteiger partial charge in [-0.2, -0.15) is 0 Å². The van der Waals surface area contributed by atoms with E-state index >= 15 is 0 Å². The lowest BCUT2D eigenvalue weighted by molar-refractivity contribution is 0.410. The Labute approximate surface area is 108 Å². The molecule has 0 fully saturated rings. The molecule has 0 aliphatic carbocycles. The summed E-state index contributed by atoms with van der Waals surface area (Å²) in [6.45, 7) is 2.73. The van der Waals surface area contributed by atoms with Crippen LogP contribution in [-0.4, -0.2) is 7.11 Å². The third-order valence-corrected chi connectivity index (χ3v) is 3.04. The Kier molecular flexibility index (Phi) is 3.72. The first-order valence-electron chi connectivity index (χ1n) is 5.93. The molecule has 0 unspecified atom stereocenters. The molecule has 0 heterocycles. The molecule has 18 heavy (non-hydrogen) atoms. The lowest BCUT2D eigenvalue weighted by atomic mass is 10.1. The van der Waals surface area contributed by atoms with E-state index in [0.717, 1.165) is 28.3 Å². The first kappa shape index (κ1) is 12.3. The molecular weight excluding hydrogens is 224 g/mol. The molecule has 0 radical (unpaired) electrons. The molecule has 2 rings (SSSR count). The van der Waals surface area contributed by atoms with Gasteiger partial charge in [-0.3, -0.25) is 0 Å². The van der Waals surface area contributed by atoms with E-state index in [-0.39, 0.29) is 0 Å². The van der Waals surface area contributed by atoms with Gasteiger partial charge in [0.05, 0.1) is 7.11 Å². The van der Waals surface area contributed by atoms with Crippen LogP contribution < -0.4 is 15.8 Å². The smallest absolute Gasteiger partial charge is 0.123 e. The van der Waals surface area contributed by atoms with Crippen LogP contribution in [0.15, 0.2) is 42.5 Å². The molecule has 0 aliphatic rings. The molecule has 0 bridgehead atoms. The summed E-state index contributed by atoms with van der Waals surface area (Å²) in [7, 11) is 1.69. The Bertz CT molecular complexity index is 538. The number of nitrogens with two attached hydrogens (primary N) is 1. The first-order chi connectivity index (χ1) is 8.72. The van der Waals surface area contributed by atoms with Crippen molar-refractivity contribution in [1.82, 2.24) is 0 Å². The van der Waals surface area contributed by atoms with Crippen LogP contribution >= 0.6 is 0 Å². The number of methoxy groups -OCH3 is 1. The van der Waals surface area contributed by atoms with E-state index in [2.05, 4.69) is 5.32 Å². The third-order valence-electron chi connectivity index (χ3n) is 3.04. The molecule has 0 aromatic heterocycles. The van der Waals surface area contributed by atoms with Crippen LogP contribution in [0.25, 0.3) is 0 Å². The van der Waals surface area contributed by atoms with Crippen LogP contribution in [0.4, 0.5) is 11.4 Å². The Balaban J connectivity index is 2.14. The lowest BCUT2D eigenvalue weighted by Crippen LogP contribution is -2.04. The van der Waals surface area contributed by atoms with Crippen molar-refractivity contribution in [3.05, 3.63) is 53.6 Å². The SMILES string of the molecule is COc1ccccc1CNc1cccc(N)c1C. The van der Waals surface area contributed by atoms with Gasteiger partial charge in [-0.25, -0.2) is 0 Å². The van der Waals surface area contributed by atoms with Crippen LogP contribution in [0.1, 0.15) is 11.1 Å². The van der Waals surface area contributed by atoms with Crippen LogP contribution in [0, 0.1) is 6.92 Å². The van der Waals surface area contributed by atoms with Crippen molar-refractivity contribution in [2.24, 2.45) is 0 Å². The van der Waals surface area contributed by atoms with Crippen molar-refractivity contribution in [2.75, 3.05) is 18.2 Å². The number of anilines is 2. The number of ether oxygens (including phenoxy) is 1. The number of para-hydroxylation sites is 1. The topological polar surface area (TPSA) is 47.3 Å². The molecule has 0 aliphatic heterocycles. The summed E-state index contributed by atoms with van der Waals surface area (Å²) in [5, 5.41) is 3.38. The fraction of sp³-hybridized carbons (Fsp3) is 0.200. The van der Waals surface area contributed by atoms with Crippen molar-refractivity contribution in [2.45, 2.75) is 13.5 Å². The maximum absolute atomic E-state index is 5.88. The van der Waals surface area contributed by atoms with Gasteiger partial charge < -0.3 is 15.8 Å². The normalized spacial score (nSPS) is 10.1. The van der Waals surface area contributed by atoms with Crippen LogP contribution in [0.2, 0.25) is 0 Å². The Morgan fingerprint density at radius 2 is 1.89 bits per heavy atom. The van der Waals surface area contributed by atoms with Crippen molar-refractivity contribution < 1.29 is 4.74 Å². The van der Waals surface area contributed by atoms with Crippen molar-refractivity contribution in [3.63, 3.8) is 0 Å². The molecule has 0 spiro atoms. The molecule has 3 nitrogen and oxygen atoms in total. The standard InChI is InChI=1S/C15H18N2O/c1-11-13(16)7-5-8-14(11)17-10-12-6-3-4-9-15(12)18-2/h3-9,17H,10,16H2,1-2H3. The van der Waals surface area contributed by atoms with E-state index in [1.807, 2.05) is 49.4 Å². The third kappa shape index (κ3) is 2.56. The Hall–Kier alpha value is -2.16. The van der Waals surface area contributed by atoms with Crippen LogP contribution in [0.5, 0.6) is 5.75 Å². The number of nitrogen functional groups attached to an aromatic ring is 1. The highest BCUT2D eigenvalue weighted by atomic mass is 16.5. The van der Waals surface area contributed by atoms with Crippen molar-refractivity contribution in [3.8, 4) is 5.75 Å². The van der Waals surface area contributed by atoms with Gasteiger partial charge >= 0.3 is 0 Å². The zero-order valence-electron chi connectivity index (χ0n) is 10.7. The highest BCUT2D eigenvalue weighted by Crippen LogP contribution is 2.23. The minimum Gasteiger partial charge on any atom is -0.496 e. The number of nitrogens with one attached hydrogen (secondary N) is 1. The molecular formula is C15H18N2O. The molecule has 3 N–H and O–H groups in total. The van der Waals surface area contributed by atoms with Gasteiger partial charge in [-0.05, 0) is 30.7 Å². The minimum atomic E-state index is 0.717. The lowest BCUT2D eigenvalue weighted by Gasteiger charge is -2.13. The van der Waals surface area contributed by atoms with E-state index in [1.54, 1.807) is 7.11 Å². The second-order valence-electron chi connectivity index (χ2n) is 4.19. The van der Waals surface area contributed by atoms with Gasteiger partial charge in [0.15, 0.2) is 0 Å². The minimum absolute atomic E-state index is 0.717. The van der Waals surface area contributed by atoms with Gasteiger partial charge in [0, 0.05) is 23.5 Å². The van der Waals surface area contributed by atoms with E-state index in [4.69, 9.17) is 10.5 Å². The highest BCUT2D eigenvalue weighted by Gasteiger charge is 2.03. The summed E-state index contributed by atoms with van der Waals surface area (Å²) in [5.41, 5.74) is 9.95. The number of benzene rings is 2. The van der Waals surface area contributed by atoms with E-state index in [0.29, 0.717) is 6.54 Å². The summed E-state index contributed by atoms with van der Waals surface area (Å²) in [5.74, 6) is 0.895. The van der Waals surface area contributed by atoms with E-state index in [9.17, 15) is 0 Å². The van der Waals surface area contributed by atoms with Crippen molar-refractivity contribution in [1.29, 1.82) is 0 Å². The molecule has 3 heteroatoms. The van der Waals surface area contributed by atoms with Gasteiger partial charge in [0.2, 0.25) is 0 Å². The van der Waals surface area contributed by atoms with E-state index < -0.39 is 0 Å². The second kappa shape index (κ2) is 5.45. The molecule has 94 valence electrons. The predicted octanol–water partition coefficient (Wildman–Crippen LogP) is 3.20. The first-order valence-corrected chi connectivity index (χ1v) is 5.93. The summed E-state index contributed by atoms with van der Waals surface area (Å²) < 4.78 is 5.32. The molecule has 2 aromatic rings. The van der Waals surface area contributed by atoms with Crippen LogP contribution in [0.3, 0.4) is 0 Å². The van der Waals surface area contributed by atoms with Gasteiger partial charge in [0.1, 0.15) is 5.75 Å². The highest BCUT2D eigenvalue weighted by molar-refractivity contribution is 5.63. The maximum atomic E-state index is 5.88. The molecule has 0 saturated heterocycles. The summed E-state index contributed by atoms with van der Waals surface area (Å²) >= 11 is 0. The molecule has 0 saturated carbocycles. The molecule has 2 aromatic carbocycles. The average molecular weight is 242 g/mol. The van der Waals surface area contributed by atoms with Crippen LogP contribution in [-0.2, 0) is 6.54 Å². The fourth-order valence-electron chi connectivity index (χ4n) is 1.88. The summed E-state index contributed by atoms with van der Waals surface area (Å²) in [6.07, 6.45) is 0. The molecule has 0 amide bonds.